The Morgan fingerprint density at radius 2 is 1.78 bits per heavy atom. The molecule has 0 atom stereocenters. The number of aryl methyl sites for hydroxylation is 1. The third-order valence-corrected chi connectivity index (χ3v) is 6.95. The monoisotopic (exact) mass is 514 g/mol. The number of carbonyl (C=O) groups excluding carboxylic acids is 1. The summed E-state index contributed by atoms with van der Waals surface area (Å²) in [4.78, 5) is 14.3. The fourth-order valence-corrected chi connectivity index (χ4v) is 4.72. The van der Waals surface area contributed by atoms with Crippen LogP contribution in [0.25, 0.3) is 16.7 Å². The number of hydrogen-bond donors (Lipinski definition) is 0. The summed E-state index contributed by atoms with van der Waals surface area (Å²) < 4.78 is 18.6. The lowest BCUT2D eigenvalue weighted by molar-refractivity contribution is 0.102. The zero-order chi connectivity index (χ0) is 25.4. The predicted molar refractivity (Wildman–Crippen MR) is 137 cm³/mol. The fourth-order valence-electron chi connectivity index (χ4n) is 3.90. The summed E-state index contributed by atoms with van der Waals surface area (Å²) >= 11 is 1.32. The van der Waals surface area contributed by atoms with E-state index in [0.29, 0.717) is 33.8 Å². The van der Waals surface area contributed by atoms with Gasteiger partial charge in [-0.25, -0.2) is 0 Å². The van der Waals surface area contributed by atoms with E-state index in [1.54, 1.807) is 23.0 Å². The first-order valence-electron chi connectivity index (χ1n) is 11.5. The van der Waals surface area contributed by atoms with Crippen molar-refractivity contribution < 1.29 is 19.0 Å². The Hall–Kier alpha value is -4.38. The second-order valence-corrected chi connectivity index (χ2v) is 9.42. The molecule has 0 saturated carbocycles. The quantitative estimate of drug-likeness (QED) is 0.223. The van der Waals surface area contributed by atoms with E-state index in [4.69, 9.17) is 14.2 Å². The van der Waals surface area contributed by atoms with Gasteiger partial charge in [-0.15, -0.1) is 25.2 Å². The maximum Gasteiger partial charge on any atom is 0.231 e. The Bertz CT molecular complexity index is 1600. The third kappa shape index (κ3) is 4.60. The highest BCUT2D eigenvalue weighted by molar-refractivity contribution is 7.99. The van der Waals surface area contributed by atoms with Crippen LogP contribution in [-0.4, -0.2) is 48.1 Å². The summed E-state index contributed by atoms with van der Waals surface area (Å²) in [5, 5.41) is 18.3. The van der Waals surface area contributed by atoms with Gasteiger partial charge >= 0.3 is 0 Å². The van der Waals surface area contributed by atoms with E-state index in [0.717, 1.165) is 22.3 Å². The number of nitrogens with zero attached hydrogens (tertiary/aromatic N) is 6. The molecule has 0 bridgehead atoms. The highest BCUT2D eigenvalue weighted by atomic mass is 32.2. The SMILES string of the molecule is Cc1ccc(OCc2nnc(SCC(=O)c3ccc4c(c3)OCO4)n2C)c(-n2nc3ccccc3n2)c1. The zero-order valence-electron chi connectivity index (χ0n) is 20.1. The molecule has 0 spiro atoms. The number of ketones is 1. The van der Waals surface area contributed by atoms with Crippen LogP contribution >= 0.6 is 11.8 Å². The van der Waals surface area contributed by atoms with Crippen molar-refractivity contribution in [3.8, 4) is 22.9 Å². The summed E-state index contributed by atoms with van der Waals surface area (Å²) in [5.41, 5.74) is 3.98. The first-order valence-corrected chi connectivity index (χ1v) is 12.5. The average molecular weight is 515 g/mol. The smallest absolute Gasteiger partial charge is 0.231 e. The summed E-state index contributed by atoms with van der Waals surface area (Å²) in [7, 11) is 1.85. The molecular formula is C26H22N6O4S. The maximum atomic E-state index is 12.7. The number of thioether (sulfide) groups is 1. The van der Waals surface area contributed by atoms with Crippen molar-refractivity contribution in [1.82, 2.24) is 29.8 Å². The van der Waals surface area contributed by atoms with Crippen molar-refractivity contribution in [2.75, 3.05) is 12.5 Å². The first kappa shape index (κ1) is 23.0. The first-order chi connectivity index (χ1) is 18.0. The molecule has 37 heavy (non-hydrogen) atoms. The molecule has 10 nitrogen and oxygen atoms in total. The Labute approximate surface area is 216 Å². The highest BCUT2D eigenvalue weighted by Crippen LogP contribution is 2.33. The van der Waals surface area contributed by atoms with E-state index in [9.17, 15) is 4.79 Å². The summed E-state index contributed by atoms with van der Waals surface area (Å²) in [6.45, 7) is 2.37. The molecule has 0 fully saturated rings. The zero-order valence-corrected chi connectivity index (χ0v) is 20.9. The Morgan fingerprint density at radius 3 is 2.59 bits per heavy atom. The van der Waals surface area contributed by atoms with Gasteiger partial charge in [0.05, 0.1) is 5.75 Å². The minimum absolute atomic E-state index is 0.0347. The van der Waals surface area contributed by atoms with Gasteiger partial charge in [-0.1, -0.05) is 30.0 Å². The summed E-state index contributed by atoms with van der Waals surface area (Å²) in [6.07, 6.45) is 0. The summed E-state index contributed by atoms with van der Waals surface area (Å²) in [5.74, 6) is 2.67. The topological polar surface area (TPSA) is 106 Å². The molecule has 3 aromatic carbocycles. The molecule has 0 aliphatic carbocycles. The molecule has 1 aliphatic rings. The van der Waals surface area contributed by atoms with Crippen molar-refractivity contribution in [1.29, 1.82) is 0 Å². The van der Waals surface area contributed by atoms with E-state index in [2.05, 4.69) is 20.4 Å². The van der Waals surface area contributed by atoms with E-state index in [1.807, 2.05) is 61.0 Å². The van der Waals surface area contributed by atoms with E-state index >= 15 is 0 Å². The molecule has 0 amide bonds. The van der Waals surface area contributed by atoms with Crippen molar-refractivity contribution in [2.45, 2.75) is 18.7 Å². The van der Waals surface area contributed by atoms with Gasteiger partial charge in [-0.3, -0.25) is 4.79 Å². The van der Waals surface area contributed by atoms with E-state index in [-0.39, 0.29) is 24.9 Å². The van der Waals surface area contributed by atoms with Crippen LogP contribution in [0.2, 0.25) is 0 Å². The number of hydrogen-bond acceptors (Lipinski definition) is 9. The Morgan fingerprint density at radius 1 is 1.00 bits per heavy atom. The van der Waals surface area contributed by atoms with Crippen molar-refractivity contribution in [3.63, 3.8) is 0 Å². The summed E-state index contributed by atoms with van der Waals surface area (Å²) in [6, 6.07) is 18.8. The van der Waals surface area contributed by atoms with Crippen LogP contribution in [0.15, 0.2) is 65.8 Å². The third-order valence-electron chi connectivity index (χ3n) is 5.93. The van der Waals surface area contributed by atoms with Gasteiger partial charge < -0.3 is 18.8 Å². The van der Waals surface area contributed by atoms with E-state index < -0.39 is 0 Å². The van der Waals surface area contributed by atoms with Gasteiger partial charge in [-0.2, -0.15) is 0 Å². The molecule has 0 radical (unpaired) electrons. The minimum Gasteiger partial charge on any atom is -0.483 e. The number of ether oxygens (including phenoxy) is 3. The van der Waals surface area contributed by atoms with Crippen LogP contribution < -0.4 is 14.2 Å². The molecule has 0 saturated heterocycles. The lowest BCUT2D eigenvalue weighted by Crippen LogP contribution is -2.08. The normalized spacial score (nSPS) is 12.3. The molecule has 11 heteroatoms. The molecule has 1 aliphatic heterocycles. The van der Waals surface area contributed by atoms with Gasteiger partial charge in [0.15, 0.2) is 28.3 Å². The molecule has 3 heterocycles. The van der Waals surface area contributed by atoms with Gasteiger partial charge in [0, 0.05) is 12.6 Å². The van der Waals surface area contributed by atoms with Crippen LogP contribution in [0.5, 0.6) is 17.2 Å². The Kier molecular flexibility index (Phi) is 5.97. The van der Waals surface area contributed by atoms with Crippen LogP contribution in [0.1, 0.15) is 21.7 Å². The van der Waals surface area contributed by atoms with E-state index in [1.165, 1.54) is 11.8 Å². The lowest BCUT2D eigenvalue weighted by Gasteiger charge is -2.11. The van der Waals surface area contributed by atoms with Gasteiger partial charge in [0.1, 0.15) is 29.1 Å². The molecule has 0 N–H and O–H groups in total. The van der Waals surface area contributed by atoms with Crippen LogP contribution in [0, 0.1) is 6.92 Å². The van der Waals surface area contributed by atoms with Gasteiger partial charge in [0.2, 0.25) is 6.79 Å². The largest absolute Gasteiger partial charge is 0.483 e. The number of Topliss-reactive ketones (excluding diaryl/α,β-unsaturated/α-hetero) is 1. The Balaban J connectivity index is 1.14. The number of benzene rings is 3. The van der Waals surface area contributed by atoms with Crippen molar-refractivity contribution in [3.05, 3.63) is 77.6 Å². The maximum absolute atomic E-state index is 12.7. The minimum atomic E-state index is -0.0347. The number of fused-ring (bicyclic) bond motifs is 2. The average Bonchev–Trinajstić information content (AvgIpc) is 3.64. The van der Waals surface area contributed by atoms with Crippen molar-refractivity contribution >= 4 is 28.6 Å². The second-order valence-electron chi connectivity index (χ2n) is 8.48. The number of rotatable bonds is 8. The molecule has 6 rings (SSSR count). The molecule has 2 aromatic heterocycles. The van der Waals surface area contributed by atoms with Crippen molar-refractivity contribution in [2.24, 2.45) is 7.05 Å². The van der Waals surface area contributed by atoms with Crippen LogP contribution in [0.4, 0.5) is 0 Å². The number of aromatic nitrogens is 6. The lowest BCUT2D eigenvalue weighted by atomic mass is 10.1. The molecular weight excluding hydrogens is 492 g/mol. The van der Waals surface area contributed by atoms with Gasteiger partial charge in [-0.05, 0) is 55.0 Å². The second kappa shape index (κ2) is 9.58. The van der Waals surface area contributed by atoms with Gasteiger partial charge in [0.25, 0.3) is 0 Å². The highest BCUT2D eigenvalue weighted by Gasteiger charge is 2.18. The van der Waals surface area contributed by atoms with Crippen LogP contribution in [0.3, 0.4) is 0 Å². The fraction of sp³-hybridized carbons (Fsp3) is 0.192. The molecule has 5 aromatic rings. The molecule has 186 valence electrons. The standard InChI is InChI=1S/C26H22N6O4S/c1-16-7-9-22(20(11-16)32-29-18-5-3-4-6-19(18)30-32)34-13-25-27-28-26(31(25)2)37-14-21(33)17-8-10-23-24(12-17)36-15-35-23/h3-12H,13-15H2,1-2H3. The predicted octanol–water partition coefficient (Wildman–Crippen LogP) is 4.14. The van der Waals surface area contributed by atoms with Crippen LogP contribution in [-0.2, 0) is 13.7 Å². The number of carbonyl (C=O) groups is 1. The molecule has 0 unspecified atom stereocenters.